The summed E-state index contributed by atoms with van der Waals surface area (Å²) < 4.78 is 15.4. The molecule has 0 atom stereocenters. The number of hydrogen-bond acceptors (Lipinski definition) is 9. The highest BCUT2D eigenvalue weighted by atomic mass is 32.1. The number of aromatic hydroxyl groups is 1. The minimum absolute atomic E-state index is 0.166. The SMILES string of the molecule is COc1ccc(-c2nc3sccn3c2N(c2ccc(O)cc2-c2nc3sccn3c2NC(C)(C)C)C(C)(C)C)cc1OC. The maximum absolute atomic E-state index is 10.8. The molecular weight excluding hydrogens is 581 g/mol. The molecule has 0 radical (unpaired) electrons. The van der Waals surface area contributed by atoms with Crippen molar-refractivity contribution in [3.05, 3.63) is 59.6 Å². The Morgan fingerprint density at radius 2 is 1.47 bits per heavy atom. The van der Waals surface area contributed by atoms with Crippen molar-refractivity contribution in [1.82, 2.24) is 18.8 Å². The first-order valence-corrected chi connectivity index (χ1v) is 15.7. The molecule has 9 nitrogen and oxygen atoms in total. The average Bonchev–Trinajstić information content (AvgIpc) is 3.71. The van der Waals surface area contributed by atoms with Crippen molar-refractivity contribution in [2.45, 2.75) is 52.6 Å². The summed E-state index contributed by atoms with van der Waals surface area (Å²) in [4.78, 5) is 14.2. The van der Waals surface area contributed by atoms with Crippen molar-refractivity contribution in [3.8, 4) is 39.8 Å². The Bertz CT molecular complexity index is 1940. The maximum atomic E-state index is 10.8. The summed E-state index contributed by atoms with van der Waals surface area (Å²) in [6.07, 6.45) is 4.07. The molecule has 0 saturated heterocycles. The predicted molar refractivity (Wildman–Crippen MR) is 177 cm³/mol. The lowest BCUT2D eigenvalue weighted by Gasteiger charge is -2.39. The van der Waals surface area contributed by atoms with Gasteiger partial charge in [0.05, 0.1) is 19.9 Å². The molecule has 4 heterocycles. The van der Waals surface area contributed by atoms with Crippen LogP contribution in [-0.4, -0.2) is 49.2 Å². The zero-order valence-corrected chi connectivity index (χ0v) is 27.2. The van der Waals surface area contributed by atoms with E-state index in [4.69, 9.17) is 19.4 Å². The van der Waals surface area contributed by atoms with E-state index >= 15 is 0 Å². The van der Waals surface area contributed by atoms with Crippen LogP contribution in [0.1, 0.15) is 41.5 Å². The van der Waals surface area contributed by atoms with Gasteiger partial charge in [0.25, 0.3) is 0 Å². The monoisotopic (exact) mass is 616 g/mol. The molecular formula is C32H36N6O3S2. The number of rotatable bonds is 7. The zero-order valence-electron chi connectivity index (χ0n) is 25.6. The van der Waals surface area contributed by atoms with Gasteiger partial charge in [-0.1, -0.05) is 0 Å². The van der Waals surface area contributed by atoms with Gasteiger partial charge in [-0.15, -0.1) is 22.7 Å². The van der Waals surface area contributed by atoms with Crippen molar-refractivity contribution in [3.63, 3.8) is 0 Å². The molecule has 0 aliphatic carbocycles. The largest absolute Gasteiger partial charge is 0.508 e. The van der Waals surface area contributed by atoms with Crippen LogP contribution in [0.25, 0.3) is 32.4 Å². The summed E-state index contributed by atoms with van der Waals surface area (Å²) in [5.41, 5.74) is 3.53. The van der Waals surface area contributed by atoms with Gasteiger partial charge in [-0.3, -0.25) is 8.80 Å². The van der Waals surface area contributed by atoms with E-state index in [2.05, 4.69) is 60.6 Å². The average molecular weight is 617 g/mol. The Morgan fingerprint density at radius 1 is 0.814 bits per heavy atom. The number of hydrogen-bond donors (Lipinski definition) is 2. The molecule has 2 aromatic carbocycles. The van der Waals surface area contributed by atoms with Gasteiger partial charge in [-0.05, 0) is 77.9 Å². The lowest BCUT2D eigenvalue weighted by Crippen LogP contribution is -2.39. The summed E-state index contributed by atoms with van der Waals surface area (Å²) in [6, 6.07) is 11.4. The lowest BCUT2D eigenvalue weighted by atomic mass is 9.99. The van der Waals surface area contributed by atoms with Crippen molar-refractivity contribution < 1.29 is 14.6 Å². The molecule has 0 amide bonds. The van der Waals surface area contributed by atoms with E-state index in [0.717, 1.165) is 49.8 Å². The summed E-state index contributed by atoms with van der Waals surface area (Å²) in [6.45, 7) is 12.9. The second-order valence-electron chi connectivity index (χ2n) is 12.4. The van der Waals surface area contributed by atoms with Gasteiger partial charge in [-0.2, -0.15) is 0 Å². The predicted octanol–water partition coefficient (Wildman–Crippen LogP) is 8.31. The zero-order chi connectivity index (χ0) is 30.7. The van der Waals surface area contributed by atoms with Crippen LogP contribution in [0.2, 0.25) is 0 Å². The number of anilines is 3. The van der Waals surface area contributed by atoms with Gasteiger partial charge in [-0.25, -0.2) is 9.97 Å². The number of nitrogens with one attached hydrogen (secondary N) is 1. The van der Waals surface area contributed by atoms with Crippen molar-refractivity contribution >= 4 is 49.9 Å². The Kier molecular flexibility index (Phi) is 7.05. The summed E-state index contributed by atoms with van der Waals surface area (Å²) in [5, 5.41) is 18.6. The second-order valence-corrected chi connectivity index (χ2v) is 14.1. The van der Waals surface area contributed by atoms with Crippen LogP contribution in [-0.2, 0) is 0 Å². The molecule has 4 aromatic heterocycles. The number of phenols is 1. The number of imidazole rings is 2. The first-order chi connectivity index (χ1) is 20.4. The van der Waals surface area contributed by atoms with E-state index in [1.807, 2.05) is 47.4 Å². The van der Waals surface area contributed by atoms with E-state index in [-0.39, 0.29) is 11.3 Å². The van der Waals surface area contributed by atoms with Crippen LogP contribution in [0.5, 0.6) is 17.2 Å². The highest BCUT2D eigenvalue weighted by molar-refractivity contribution is 7.15. The smallest absolute Gasteiger partial charge is 0.195 e. The lowest BCUT2D eigenvalue weighted by molar-refractivity contribution is 0.355. The van der Waals surface area contributed by atoms with E-state index in [0.29, 0.717) is 11.5 Å². The van der Waals surface area contributed by atoms with Gasteiger partial charge in [0.1, 0.15) is 28.8 Å². The van der Waals surface area contributed by atoms with Crippen molar-refractivity contribution in [1.29, 1.82) is 0 Å². The number of ether oxygens (including phenoxy) is 2. The number of benzene rings is 2. The Morgan fingerprint density at radius 3 is 2.12 bits per heavy atom. The van der Waals surface area contributed by atoms with Crippen molar-refractivity contribution in [2.75, 3.05) is 24.4 Å². The van der Waals surface area contributed by atoms with Crippen LogP contribution < -0.4 is 19.7 Å². The number of aromatic nitrogens is 4. The van der Waals surface area contributed by atoms with Gasteiger partial charge in [0.2, 0.25) is 0 Å². The highest BCUT2D eigenvalue weighted by Crippen LogP contribution is 2.48. The minimum Gasteiger partial charge on any atom is -0.508 e. The van der Waals surface area contributed by atoms with Crippen LogP contribution in [0.15, 0.2) is 59.6 Å². The van der Waals surface area contributed by atoms with E-state index < -0.39 is 5.54 Å². The molecule has 6 aromatic rings. The van der Waals surface area contributed by atoms with Gasteiger partial charge < -0.3 is 24.8 Å². The molecule has 0 saturated carbocycles. The van der Waals surface area contributed by atoms with Crippen LogP contribution >= 0.6 is 22.7 Å². The molecule has 43 heavy (non-hydrogen) atoms. The summed E-state index contributed by atoms with van der Waals surface area (Å²) >= 11 is 3.15. The van der Waals surface area contributed by atoms with E-state index in [9.17, 15) is 5.11 Å². The molecule has 0 spiro atoms. The normalized spacial score (nSPS) is 12.3. The number of phenolic OH excluding ortho intramolecular Hbond substituents is 1. The standard InChI is InChI=1S/C32H36N6O3S2/c1-31(2,3)35-27-26(34-29-36(27)13-15-42-29)21-18-20(39)10-11-22(21)38(32(4,5)6)28-25(33-30-37(28)14-16-43-30)19-9-12-23(40-7)24(17-19)41-8/h9-18,35,39H,1-8H3. The molecule has 0 unspecified atom stereocenters. The van der Waals surface area contributed by atoms with Crippen LogP contribution in [0.3, 0.4) is 0 Å². The number of methoxy groups -OCH3 is 2. The van der Waals surface area contributed by atoms with Gasteiger partial charge in [0.15, 0.2) is 21.4 Å². The fourth-order valence-corrected chi connectivity index (χ4v) is 6.74. The minimum atomic E-state index is -0.413. The topological polar surface area (TPSA) is 88.6 Å². The van der Waals surface area contributed by atoms with Crippen LogP contribution in [0, 0.1) is 0 Å². The van der Waals surface area contributed by atoms with Crippen molar-refractivity contribution in [2.24, 2.45) is 0 Å². The van der Waals surface area contributed by atoms with E-state index in [1.54, 1.807) is 49.0 Å². The Labute approximate surface area is 259 Å². The maximum Gasteiger partial charge on any atom is 0.195 e. The molecule has 6 rings (SSSR count). The Hall–Kier alpha value is -4.22. The molecule has 224 valence electrons. The molecule has 11 heteroatoms. The first-order valence-electron chi connectivity index (χ1n) is 13.9. The third-order valence-electron chi connectivity index (χ3n) is 7.01. The fourth-order valence-electron chi connectivity index (χ4n) is 5.31. The quantitative estimate of drug-likeness (QED) is 0.186. The fraction of sp³-hybridized carbons (Fsp3) is 0.312. The van der Waals surface area contributed by atoms with Crippen LogP contribution in [0.4, 0.5) is 17.3 Å². The molecule has 2 N–H and O–H groups in total. The molecule has 0 fully saturated rings. The van der Waals surface area contributed by atoms with Gasteiger partial charge in [0, 0.05) is 45.4 Å². The summed E-state index contributed by atoms with van der Waals surface area (Å²) in [5.74, 6) is 3.22. The Balaban J connectivity index is 1.64. The van der Waals surface area contributed by atoms with E-state index in [1.165, 1.54) is 0 Å². The third kappa shape index (κ3) is 5.16. The molecule has 0 bridgehead atoms. The third-order valence-corrected chi connectivity index (χ3v) is 8.52. The second kappa shape index (κ2) is 10.5. The molecule has 0 aliphatic heterocycles. The number of nitrogens with zero attached hydrogens (tertiary/aromatic N) is 5. The summed E-state index contributed by atoms with van der Waals surface area (Å²) in [7, 11) is 3.27. The number of fused-ring (bicyclic) bond motifs is 2. The number of thiazole rings is 2. The van der Waals surface area contributed by atoms with Gasteiger partial charge >= 0.3 is 0 Å². The molecule has 0 aliphatic rings. The highest BCUT2D eigenvalue weighted by Gasteiger charge is 2.34. The first kappa shape index (κ1) is 28.9.